The Morgan fingerprint density at radius 1 is 1.15 bits per heavy atom. The van der Waals surface area contributed by atoms with Crippen molar-refractivity contribution in [1.29, 1.82) is 0 Å². The molecule has 1 aromatic carbocycles. The molecule has 0 aliphatic carbocycles. The smallest absolute Gasteiger partial charge is 0.186 e. The predicted octanol–water partition coefficient (Wildman–Crippen LogP) is 5.12. The Labute approximate surface area is 174 Å². The number of likely N-dealkylation sites (tertiary alicyclic amines) is 1. The van der Waals surface area contributed by atoms with Crippen LogP contribution in [0.5, 0.6) is 0 Å². The first kappa shape index (κ1) is 18.9. The van der Waals surface area contributed by atoms with E-state index in [-0.39, 0.29) is 0 Å². The molecular formula is C20H28IN3OS. The third-order valence-electron chi connectivity index (χ3n) is 5.84. The summed E-state index contributed by atoms with van der Waals surface area (Å²) in [6, 6.07) is 9.23. The number of thiazole rings is 1. The third-order valence-corrected chi connectivity index (χ3v) is 7.38. The number of anilines is 1. The van der Waals surface area contributed by atoms with Crippen LogP contribution in [0.25, 0.3) is 10.2 Å². The van der Waals surface area contributed by atoms with Crippen LogP contribution in [0.1, 0.15) is 38.5 Å². The Balaban J connectivity index is 1.39. The summed E-state index contributed by atoms with van der Waals surface area (Å²) in [5.74, 6) is 0.761. The molecule has 2 aromatic rings. The van der Waals surface area contributed by atoms with E-state index < -0.39 is 0 Å². The number of halogens is 1. The van der Waals surface area contributed by atoms with Gasteiger partial charge in [-0.25, -0.2) is 4.98 Å². The van der Waals surface area contributed by atoms with E-state index >= 15 is 0 Å². The fraction of sp³-hybridized carbons (Fsp3) is 0.650. The maximum absolute atomic E-state index is 5.31. The topological polar surface area (TPSA) is 28.6 Å². The predicted molar refractivity (Wildman–Crippen MR) is 118 cm³/mol. The lowest BCUT2D eigenvalue weighted by Crippen LogP contribution is -2.46. The molecule has 0 radical (unpaired) electrons. The molecule has 26 heavy (non-hydrogen) atoms. The van der Waals surface area contributed by atoms with Crippen molar-refractivity contribution < 1.29 is 3.07 Å². The quantitative estimate of drug-likeness (QED) is 0.531. The lowest BCUT2D eigenvalue weighted by molar-refractivity contribution is 0.106. The van der Waals surface area contributed by atoms with Crippen molar-refractivity contribution >= 4 is 49.7 Å². The van der Waals surface area contributed by atoms with Crippen molar-refractivity contribution in [3.05, 3.63) is 24.3 Å². The summed E-state index contributed by atoms with van der Waals surface area (Å²) in [6.07, 6.45) is 7.90. The van der Waals surface area contributed by atoms with E-state index in [1.807, 2.05) is 34.3 Å². The summed E-state index contributed by atoms with van der Waals surface area (Å²) in [5.41, 5.74) is 1.14. The molecule has 2 atom stereocenters. The van der Waals surface area contributed by atoms with E-state index in [0.717, 1.165) is 37.2 Å². The highest BCUT2D eigenvalue weighted by atomic mass is 127. The van der Waals surface area contributed by atoms with Crippen LogP contribution in [-0.4, -0.2) is 48.7 Å². The highest BCUT2D eigenvalue weighted by Crippen LogP contribution is 2.32. The van der Waals surface area contributed by atoms with Crippen LogP contribution in [-0.2, 0) is 3.07 Å². The van der Waals surface area contributed by atoms with Gasteiger partial charge in [-0.3, -0.25) is 4.90 Å². The Hall–Kier alpha value is -0.440. The number of hydrogen-bond donors (Lipinski definition) is 0. The molecule has 4 nitrogen and oxygen atoms in total. The minimum atomic E-state index is 0.719. The Kier molecular flexibility index (Phi) is 6.67. The summed E-state index contributed by atoms with van der Waals surface area (Å²) in [7, 11) is 0. The molecule has 4 rings (SSSR count). The van der Waals surface area contributed by atoms with Gasteiger partial charge in [0.15, 0.2) is 5.13 Å². The molecule has 0 bridgehead atoms. The zero-order valence-corrected chi connectivity index (χ0v) is 18.3. The molecule has 0 N–H and O–H groups in total. The number of nitrogens with zero attached hydrogens (tertiary/aromatic N) is 3. The van der Waals surface area contributed by atoms with Crippen molar-refractivity contribution in [2.45, 2.75) is 44.6 Å². The van der Waals surface area contributed by atoms with E-state index in [9.17, 15) is 0 Å². The van der Waals surface area contributed by atoms with Gasteiger partial charge in [0, 0.05) is 25.7 Å². The number of rotatable bonds is 6. The molecule has 2 fully saturated rings. The van der Waals surface area contributed by atoms with Gasteiger partial charge in [-0.15, -0.1) is 0 Å². The van der Waals surface area contributed by atoms with E-state index in [2.05, 4.69) is 34.1 Å². The zero-order valence-electron chi connectivity index (χ0n) is 15.3. The molecule has 3 heterocycles. The fourth-order valence-electron chi connectivity index (χ4n) is 4.52. The van der Waals surface area contributed by atoms with Crippen LogP contribution >= 0.6 is 34.3 Å². The van der Waals surface area contributed by atoms with Gasteiger partial charge in [0.2, 0.25) is 0 Å². The molecular weight excluding hydrogens is 457 g/mol. The van der Waals surface area contributed by atoms with Crippen molar-refractivity contribution in [3.8, 4) is 0 Å². The summed E-state index contributed by atoms with van der Waals surface area (Å²) >= 11 is 3.88. The molecule has 2 aliphatic heterocycles. The Morgan fingerprint density at radius 2 is 2.08 bits per heavy atom. The molecule has 0 amide bonds. The number of benzene rings is 1. The Morgan fingerprint density at radius 3 is 2.96 bits per heavy atom. The summed E-state index contributed by atoms with van der Waals surface area (Å²) in [4.78, 5) is 10.2. The van der Waals surface area contributed by atoms with E-state index in [4.69, 9.17) is 8.05 Å². The SMILES string of the molecule is IOCC[C@@H]1CCCCN1C[C@H]1CCCN(c2nc3ccccc3s2)C1. The maximum Gasteiger partial charge on any atom is 0.186 e. The van der Waals surface area contributed by atoms with Crippen LogP contribution in [0.4, 0.5) is 5.13 Å². The van der Waals surface area contributed by atoms with Gasteiger partial charge in [0.1, 0.15) is 23.0 Å². The van der Waals surface area contributed by atoms with Gasteiger partial charge in [-0.1, -0.05) is 29.9 Å². The molecule has 6 heteroatoms. The summed E-state index contributed by atoms with van der Waals surface area (Å²) in [6.45, 7) is 5.70. The van der Waals surface area contributed by atoms with Crippen molar-refractivity contribution in [2.24, 2.45) is 5.92 Å². The number of piperidine rings is 2. The number of para-hydroxylation sites is 1. The minimum Gasteiger partial charge on any atom is -0.348 e. The molecule has 0 saturated carbocycles. The zero-order chi connectivity index (χ0) is 17.8. The highest BCUT2D eigenvalue weighted by Gasteiger charge is 2.28. The van der Waals surface area contributed by atoms with Crippen LogP contribution in [0.2, 0.25) is 0 Å². The van der Waals surface area contributed by atoms with Crippen LogP contribution in [0, 0.1) is 5.92 Å². The fourth-order valence-corrected chi connectivity index (χ4v) is 5.78. The first-order valence-electron chi connectivity index (χ1n) is 9.91. The largest absolute Gasteiger partial charge is 0.348 e. The van der Waals surface area contributed by atoms with Gasteiger partial charge in [-0.2, -0.15) is 0 Å². The second-order valence-electron chi connectivity index (χ2n) is 7.66. The van der Waals surface area contributed by atoms with Gasteiger partial charge in [-0.05, 0) is 56.7 Å². The Bertz CT molecular complexity index is 676. The van der Waals surface area contributed by atoms with Gasteiger partial charge in [0.05, 0.1) is 16.8 Å². The highest BCUT2D eigenvalue weighted by molar-refractivity contribution is 14.1. The average molecular weight is 485 g/mol. The first-order valence-corrected chi connectivity index (χ1v) is 11.6. The lowest BCUT2D eigenvalue weighted by Gasteiger charge is -2.40. The number of hydrogen-bond acceptors (Lipinski definition) is 5. The van der Waals surface area contributed by atoms with Gasteiger partial charge < -0.3 is 7.97 Å². The molecule has 2 saturated heterocycles. The minimum absolute atomic E-state index is 0.719. The standard InChI is InChI=1S/C20H28IN3OS/c21-25-13-10-17-7-3-4-11-23(17)14-16-6-5-12-24(15-16)20-22-18-8-1-2-9-19(18)26-20/h1-2,8-9,16-17H,3-7,10-15H2/t16-,17+/m1/s1. The maximum atomic E-state index is 5.31. The van der Waals surface area contributed by atoms with Crippen LogP contribution in [0.3, 0.4) is 0 Å². The molecule has 142 valence electrons. The molecule has 0 spiro atoms. The lowest BCUT2D eigenvalue weighted by atomic mass is 9.93. The third kappa shape index (κ3) is 4.51. The van der Waals surface area contributed by atoms with E-state index in [1.165, 1.54) is 61.4 Å². The second-order valence-corrected chi connectivity index (χ2v) is 9.30. The number of fused-ring (bicyclic) bond motifs is 1. The van der Waals surface area contributed by atoms with Gasteiger partial charge in [0.25, 0.3) is 0 Å². The molecule has 1 aromatic heterocycles. The second kappa shape index (κ2) is 9.17. The summed E-state index contributed by atoms with van der Waals surface area (Å²) in [5, 5.41) is 1.21. The molecule has 2 aliphatic rings. The van der Waals surface area contributed by atoms with Crippen molar-refractivity contribution in [2.75, 3.05) is 37.7 Å². The average Bonchev–Trinajstić information content (AvgIpc) is 3.12. The molecule has 0 unspecified atom stereocenters. The monoisotopic (exact) mass is 485 g/mol. The first-order chi connectivity index (χ1) is 12.8. The summed E-state index contributed by atoms with van der Waals surface area (Å²) < 4.78 is 6.62. The van der Waals surface area contributed by atoms with E-state index in [1.54, 1.807) is 0 Å². The van der Waals surface area contributed by atoms with Crippen LogP contribution < -0.4 is 4.90 Å². The van der Waals surface area contributed by atoms with E-state index in [0.29, 0.717) is 0 Å². The van der Waals surface area contributed by atoms with Crippen molar-refractivity contribution in [3.63, 3.8) is 0 Å². The number of aromatic nitrogens is 1. The van der Waals surface area contributed by atoms with Gasteiger partial charge >= 0.3 is 0 Å². The normalized spacial score (nSPS) is 25.0. The van der Waals surface area contributed by atoms with Crippen molar-refractivity contribution in [1.82, 2.24) is 9.88 Å². The van der Waals surface area contributed by atoms with Crippen LogP contribution in [0.15, 0.2) is 24.3 Å².